The molecule has 1 aliphatic heterocycles. The van der Waals surface area contributed by atoms with Crippen LogP contribution in [0.3, 0.4) is 0 Å². The number of benzene rings is 1. The SMILES string of the molecule is COc1nc(N)nc2c1ncn2[C@@H]1O[C@H](CO[Si](C)(C)C(C)(C)C)[C@@H](OC(=O)c2ccccc2)[C@@H]1O[Si](C)(C)C(C)(C)C. The van der Waals surface area contributed by atoms with Gasteiger partial charge in [0.25, 0.3) is 0 Å². The Labute approximate surface area is 256 Å². The molecule has 1 saturated heterocycles. The van der Waals surface area contributed by atoms with Crippen molar-refractivity contribution < 1.29 is 27.9 Å². The van der Waals surface area contributed by atoms with Gasteiger partial charge in [-0.25, -0.2) is 9.78 Å². The van der Waals surface area contributed by atoms with Crippen LogP contribution in [0, 0.1) is 0 Å². The normalized spacial score (nSPS) is 21.7. The Kier molecular flexibility index (Phi) is 9.16. The average Bonchev–Trinajstić information content (AvgIpc) is 3.47. The number of carbonyl (C=O) groups is 1. The molecule has 4 rings (SSSR count). The number of rotatable bonds is 9. The Bertz CT molecular complexity index is 1430. The fraction of sp³-hybridized carbons (Fsp3) is 0.600. The maximum Gasteiger partial charge on any atom is 0.338 e. The number of hydrogen-bond acceptors (Lipinski definition) is 10. The minimum absolute atomic E-state index is 0.0240. The van der Waals surface area contributed by atoms with E-state index in [1.54, 1.807) is 35.2 Å². The molecule has 0 aliphatic carbocycles. The second kappa shape index (κ2) is 11.9. The number of imidazole rings is 1. The Morgan fingerprint density at radius 2 is 1.60 bits per heavy atom. The zero-order valence-electron chi connectivity index (χ0n) is 27.3. The molecular weight excluding hydrogens is 583 g/mol. The van der Waals surface area contributed by atoms with Gasteiger partial charge in [-0.15, -0.1) is 0 Å². The molecule has 13 heteroatoms. The Balaban J connectivity index is 1.82. The molecule has 0 amide bonds. The van der Waals surface area contributed by atoms with E-state index in [9.17, 15) is 4.79 Å². The zero-order chi connectivity index (χ0) is 32.0. The molecule has 1 aliphatic rings. The van der Waals surface area contributed by atoms with E-state index >= 15 is 0 Å². The van der Waals surface area contributed by atoms with Crippen molar-refractivity contribution in [3.8, 4) is 5.88 Å². The first-order valence-electron chi connectivity index (χ1n) is 14.6. The Morgan fingerprint density at radius 3 is 2.19 bits per heavy atom. The molecule has 3 aromatic rings. The van der Waals surface area contributed by atoms with Gasteiger partial charge in [-0.2, -0.15) is 9.97 Å². The van der Waals surface area contributed by atoms with Crippen molar-refractivity contribution in [2.75, 3.05) is 19.5 Å². The summed E-state index contributed by atoms with van der Waals surface area (Å²) in [5.41, 5.74) is 7.36. The van der Waals surface area contributed by atoms with Crippen LogP contribution < -0.4 is 10.5 Å². The summed E-state index contributed by atoms with van der Waals surface area (Å²) in [7, 11) is -3.11. The van der Waals surface area contributed by atoms with E-state index in [1.165, 1.54) is 7.11 Å². The van der Waals surface area contributed by atoms with Crippen LogP contribution in [0.4, 0.5) is 5.95 Å². The van der Waals surface area contributed by atoms with Gasteiger partial charge in [-0.3, -0.25) is 4.57 Å². The third kappa shape index (κ3) is 6.80. The topological polar surface area (TPSA) is 133 Å². The van der Waals surface area contributed by atoms with Gasteiger partial charge in [-0.05, 0) is 48.4 Å². The molecule has 0 radical (unpaired) electrons. The molecule has 2 N–H and O–H groups in total. The molecule has 236 valence electrons. The van der Waals surface area contributed by atoms with Crippen molar-refractivity contribution in [2.45, 2.75) is 102 Å². The summed E-state index contributed by atoms with van der Waals surface area (Å²) >= 11 is 0. The predicted octanol–water partition coefficient (Wildman–Crippen LogP) is 5.95. The number of ether oxygens (including phenoxy) is 3. The highest BCUT2D eigenvalue weighted by molar-refractivity contribution is 6.74. The highest BCUT2D eigenvalue weighted by Gasteiger charge is 2.54. The van der Waals surface area contributed by atoms with Crippen LogP contribution in [-0.2, 0) is 18.3 Å². The van der Waals surface area contributed by atoms with Gasteiger partial charge in [0.05, 0.1) is 25.6 Å². The number of hydrogen-bond donors (Lipinski definition) is 1. The van der Waals surface area contributed by atoms with E-state index in [4.69, 9.17) is 28.8 Å². The molecule has 0 spiro atoms. The molecular formula is C30H47N5O6Si2. The van der Waals surface area contributed by atoms with Gasteiger partial charge in [0, 0.05) is 0 Å². The number of anilines is 1. The van der Waals surface area contributed by atoms with Gasteiger partial charge < -0.3 is 28.8 Å². The van der Waals surface area contributed by atoms with Crippen molar-refractivity contribution in [3.63, 3.8) is 0 Å². The maximum atomic E-state index is 13.5. The van der Waals surface area contributed by atoms with Crippen molar-refractivity contribution in [2.24, 2.45) is 0 Å². The number of nitrogens with two attached hydrogens (primary N) is 1. The van der Waals surface area contributed by atoms with Gasteiger partial charge in [0.15, 0.2) is 40.1 Å². The molecule has 0 unspecified atom stereocenters. The van der Waals surface area contributed by atoms with E-state index < -0.39 is 47.1 Å². The summed E-state index contributed by atoms with van der Waals surface area (Å²) in [4.78, 5) is 26.7. The summed E-state index contributed by atoms with van der Waals surface area (Å²) < 4.78 is 33.9. The first kappa shape index (κ1) is 33.1. The van der Waals surface area contributed by atoms with Crippen LogP contribution in [0.5, 0.6) is 5.88 Å². The minimum Gasteiger partial charge on any atom is -0.479 e. The van der Waals surface area contributed by atoms with Crippen molar-refractivity contribution in [1.82, 2.24) is 19.5 Å². The second-order valence-electron chi connectivity index (χ2n) is 14.1. The third-order valence-corrected chi connectivity index (χ3v) is 18.0. The van der Waals surface area contributed by atoms with Gasteiger partial charge in [-0.1, -0.05) is 59.7 Å². The summed E-state index contributed by atoms with van der Waals surface area (Å²) in [6.45, 7) is 22.0. The third-order valence-electron chi connectivity index (χ3n) is 9.06. The van der Waals surface area contributed by atoms with Crippen molar-refractivity contribution >= 4 is 39.7 Å². The summed E-state index contributed by atoms with van der Waals surface area (Å²) in [5.74, 6) is -0.165. The van der Waals surface area contributed by atoms with Crippen LogP contribution >= 0.6 is 0 Å². The van der Waals surface area contributed by atoms with E-state index in [0.717, 1.165) is 0 Å². The van der Waals surface area contributed by atoms with Crippen LogP contribution in [0.25, 0.3) is 11.2 Å². The van der Waals surface area contributed by atoms with E-state index in [1.807, 2.05) is 6.07 Å². The lowest BCUT2D eigenvalue weighted by atomic mass is 10.1. The molecule has 3 heterocycles. The first-order valence-corrected chi connectivity index (χ1v) is 20.5. The Morgan fingerprint density at radius 1 is 0.977 bits per heavy atom. The molecule has 11 nitrogen and oxygen atoms in total. The number of fused-ring (bicyclic) bond motifs is 1. The average molecular weight is 630 g/mol. The standard InChI is InChI=1S/C30H47N5O6Si2/c1-29(2,3)42(8,9)38-17-20-22(40-27(36)19-15-13-12-14-16-19)23(41-43(10,11)30(4,5)6)26(39-20)35-18-32-21-24(35)33-28(31)34-25(21)37-7/h12-16,18,20,22-23,26H,17H2,1-11H3,(H2,31,33,34)/t20-,22-,23+,26-/m1/s1. The number of aromatic nitrogens is 4. The van der Waals surface area contributed by atoms with Crippen molar-refractivity contribution in [1.29, 1.82) is 0 Å². The zero-order valence-corrected chi connectivity index (χ0v) is 29.3. The van der Waals surface area contributed by atoms with Gasteiger partial charge in [0.1, 0.15) is 12.2 Å². The number of esters is 1. The lowest BCUT2D eigenvalue weighted by Crippen LogP contribution is -2.50. The predicted molar refractivity (Wildman–Crippen MR) is 171 cm³/mol. The van der Waals surface area contributed by atoms with Crippen LogP contribution in [0.2, 0.25) is 36.3 Å². The van der Waals surface area contributed by atoms with Crippen LogP contribution in [0.15, 0.2) is 36.7 Å². The van der Waals surface area contributed by atoms with E-state index in [0.29, 0.717) is 16.7 Å². The Hall–Kier alpha value is -2.85. The molecule has 2 aromatic heterocycles. The lowest BCUT2D eigenvalue weighted by molar-refractivity contribution is -0.0500. The van der Waals surface area contributed by atoms with Gasteiger partial charge in [0.2, 0.25) is 11.8 Å². The summed E-state index contributed by atoms with van der Waals surface area (Å²) in [5, 5.41) is -0.155. The fourth-order valence-electron chi connectivity index (χ4n) is 4.36. The van der Waals surface area contributed by atoms with Crippen LogP contribution in [-0.4, -0.2) is 74.2 Å². The van der Waals surface area contributed by atoms with Crippen molar-refractivity contribution in [3.05, 3.63) is 42.2 Å². The minimum atomic E-state index is -2.43. The van der Waals surface area contributed by atoms with E-state index in [-0.39, 0.29) is 28.5 Å². The monoisotopic (exact) mass is 629 g/mol. The molecule has 1 aromatic carbocycles. The molecule has 0 bridgehead atoms. The number of nitrogen functional groups attached to an aromatic ring is 1. The lowest BCUT2D eigenvalue weighted by Gasteiger charge is -2.40. The van der Waals surface area contributed by atoms with E-state index in [2.05, 4.69) is 82.7 Å². The fourth-order valence-corrected chi connectivity index (χ4v) is 6.66. The first-order chi connectivity index (χ1) is 19.9. The number of carbonyl (C=O) groups excluding carboxylic acids is 1. The second-order valence-corrected chi connectivity index (χ2v) is 23.7. The van der Waals surface area contributed by atoms with Crippen LogP contribution in [0.1, 0.15) is 58.1 Å². The smallest absolute Gasteiger partial charge is 0.338 e. The molecule has 43 heavy (non-hydrogen) atoms. The number of nitrogens with zero attached hydrogens (tertiary/aromatic N) is 4. The molecule has 4 atom stereocenters. The summed E-state index contributed by atoms with van der Waals surface area (Å²) in [6.07, 6.45) is -1.24. The van der Waals surface area contributed by atoms with Gasteiger partial charge >= 0.3 is 5.97 Å². The number of methoxy groups -OCH3 is 1. The summed E-state index contributed by atoms with van der Waals surface area (Å²) in [6, 6.07) is 8.94. The quantitative estimate of drug-likeness (QED) is 0.224. The highest BCUT2D eigenvalue weighted by Crippen LogP contribution is 2.44. The molecule has 1 fully saturated rings. The maximum absolute atomic E-state index is 13.5. The highest BCUT2D eigenvalue weighted by atomic mass is 28.4. The molecule has 0 saturated carbocycles. The largest absolute Gasteiger partial charge is 0.479 e.